The average Bonchev–Trinajstić information content (AvgIpc) is 2.49. The molecule has 1 saturated heterocycles. The fourth-order valence-electron chi connectivity index (χ4n) is 2.82. The molecular weight excluding hydrogens is 342 g/mol. The summed E-state index contributed by atoms with van der Waals surface area (Å²) >= 11 is 0. The first-order chi connectivity index (χ1) is 11.6. The lowest BCUT2D eigenvalue weighted by Crippen LogP contribution is -2.41. The van der Waals surface area contributed by atoms with E-state index in [-0.39, 0.29) is 18.7 Å². The number of alkyl halides is 2. The third kappa shape index (κ3) is 4.99. The van der Waals surface area contributed by atoms with Crippen LogP contribution in [-0.2, 0) is 4.74 Å². The van der Waals surface area contributed by atoms with Crippen LogP contribution in [0.4, 0.5) is 22.4 Å². The minimum atomic E-state index is -3.25. The zero-order chi connectivity index (χ0) is 18.8. The smallest absolute Gasteiger partial charge is 0.410 e. The molecule has 0 aliphatic carbocycles. The fourth-order valence-corrected chi connectivity index (χ4v) is 2.82. The number of hydrogen-bond acceptors (Lipinski definition) is 3. The van der Waals surface area contributed by atoms with Crippen LogP contribution in [0.3, 0.4) is 0 Å². The second kappa shape index (κ2) is 7.49. The maximum atomic E-state index is 14.1. The quantitative estimate of drug-likeness (QED) is 0.732. The number of likely N-dealkylation sites (tertiary alicyclic amines) is 1. The molecular formula is C17H21F4NO3. The summed E-state index contributed by atoms with van der Waals surface area (Å²) in [5, 5.41) is 0. The van der Waals surface area contributed by atoms with Crippen LogP contribution in [0.5, 0.6) is 5.75 Å². The third-order valence-electron chi connectivity index (χ3n) is 3.86. The lowest BCUT2D eigenvalue weighted by atomic mass is 9.88. The first-order valence-electron chi connectivity index (χ1n) is 7.99. The Labute approximate surface area is 143 Å². The summed E-state index contributed by atoms with van der Waals surface area (Å²) in [5.41, 5.74) is -0.843. The van der Waals surface area contributed by atoms with Gasteiger partial charge in [-0.2, -0.15) is 8.78 Å². The summed E-state index contributed by atoms with van der Waals surface area (Å²) < 4.78 is 62.5. The minimum Gasteiger partial charge on any atom is -0.444 e. The zero-order valence-corrected chi connectivity index (χ0v) is 14.3. The van der Waals surface area contributed by atoms with Crippen LogP contribution in [0, 0.1) is 11.6 Å². The highest BCUT2D eigenvalue weighted by Crippen LogP contribution is 2.38. The van der Waals surface area contributed by atoms with E-state index in [1.165, 1.54) is 4.90 Å². The number of amides is 1. The standard InChI is InChI=1S/C17H21F4NO3/c1-17(2,3)25-16(23)22-8-6-10(7-9-22)13-11(18)4-5-12(19)14(13)24-15(20)21/h4-5,10,15H,6-9H2,1-3H3. The Hall–Kier alpha value is -1.99. The number of carbonyl (C=O) groups is 1. The van der Waals surface area contributed by atoms with E-state index >= 15 is 0 Å². The molecule has 1 aromatic rings. The van der Waals surface area contributed by atoms with Crippen molar-refractivity contribution in [1.29, 1.82) is 0 Å². The largest absolute Gasteiger partial charge is 0.444 e. The van der Waals surface area contributed by atoms with Crippen LogP contribution < -0.4 is 4.74 Å². The summed E-state index contributed by atoms with van der Waals surface area (Å²) in [7, 11) is 0. The summed E-state index contributed by atoms with van der Waals surface area (Å²) in [6.07, 6.45) is 0.0908. The molecule has 8 heteroatoms. The normalized spacial score (nSPS) is 16.2. The van der Waals surface area contributed by atoms with Gasteiger partial charge in [-0.05, 0) is 51.7 Å². The molecule has 0 unspecified atom stereocenters. The van der Waals surface area contributed by atoms with Crippen LogP contribution in [0.25, 0.3) is 0 Å². The highest BCUT2D eigenvalue weighted by molar-refractivity contribution is 5.68. The lowest BCUT2D eigenvalue weighted by molar-refractivity contribution is -0.0533. The molecule has 1 amide bonds. The number of benzene rings is 1. The topological polar surface area (TPSA) is 38.8 Å². The Bertz CT molecular complexity index is 623. The number of halogens is 4. The molecule has 0 aromatic heterocycles. The summed E-state index contributed by atoms with van der Waals surface area (Å²) in [6.45, 7) is 2.49. The summed E-state index contributed by atoms with van der Waals surface area (Å²) in [6, 6.07) is 1.65. The first kappa shape index (κ1) is 19.3. The van der Waals surface area contributed by atoms with E-state index in [0.29, 0.717) is 12.8 Å². The highest BCUT2D eigenvalue weighted by Gasteiger charge is 2.31. The van der Waals surface area contributed by atoms with Crippen molar-refractivity contribution in [2.24, 2.45) is 0 Å². The highest BCUT2D eigenvalue weighted by atomic mass is 19.3. The Morgan fingerprint density at radius 3 is 2.24 bits per heavy atom. The molecule has 1 aliphatic rings. The van der Waals surface area contributed by atoms with Crippen molar-refractivity contribution < 1.29 is 31.8 Å². The van der Waals surface area contributed by atoms with Gasteiger partial charge < -0.3 is 14.4 Å². The van der Waals surface area contributed by atoms with Crippen molar-refractivity contribution >= 4 is 6.09 Å². The average molecular weight is 363 g/mol. The van der Waals surface area contributed by atoms with Gasteiger partial charge in [0.1, 0.15) is 11.4 Å². The van der Waals surface area contributed by atoms with Crippen molar-refractivity contribution in [3.63, 3.8) is 0 Å². The molecule has 0 spiro atoms. The van der Waals surface area contributed by atoms with Crippen LogP contribution in [0.1, 0.15) is 45.1 Å². The molecule has 25 heavy (non-hydrogen) atoms. The van der Waals surface area contributed by atoms with E-state index in [1.807, 2.05) is 0 Å². The second-order valence-electron chi connectivity index (χ2n) is 6.89. The molecule has 0 bridgehead atoms. The van der Waals surface area contributed by atoms with Crippen molar-refractivity contribution in [3.05, 3.63) is 29.3 Å². The van der Waals surface area contributed by atoms with E-state index in [4.69, 9.17) is 4.74 Å². The minimum absolute atomic E-state index is 0.205. The number of carbonyl (C=O) groups excluding carboxylic acids is 1. The summed E-state index contributed by atoms with van der Waals surface area (Å²) in [5.74, 6) is -3.12. The number of rotatable bonds is 3. The van der Waals surface area contributed by atoms with E-state index in [0.717, 1.165) is 12.1 Å². The predicted octanol–water partition coefficient (Wildman–Crippen LogP) is 4.68. The molecule has 1 aliphatic heterocycles. The Morgan fingerprint density at radius 2 is 1.72 bits per heavy atom. The van der Waals surface area contributed by atoms with E-state index in [9.17, 15) is 22.4 Å². The Balaban J connectivity index is 2.13. The molecule has 0 saturated carbocycles. The monoisotopic (exact) mass is 363 g/mol. The van der Waals surface area contributed by atoms with Crippen molar-refractivity contribution in [2.45, 2.75) is 51.7 Å². The van der Waals surface area contributed by atoms with Gasteiger partial charge in [0.25, 0.3) is 0 Å². The molecule has 0 atom stereocenters. The maximum Gasteiger partial charge on any atom is 0.410 e. The van der Waals surface area contributed by atoms with Crippen LogP contribution in [-0.4, -0.2) is 36.3 Å². The number of ether oxygens (including phenoxy) is 2. The van der Waals surface area contributed by atoms with E-state index in [1.54, 1.807) is 20.8 Å². The fraction of sp³-hybridized carbons (Fsp3) is 0.588. The van der Waals surface area contributed by atoms with E-state index in [2.05, 4.69) is 4.74 Å². The van der Waals surface area contributed by atoms with Gasteiger partial charge in [-0.15, -0.1) is 0 Å². The van der Waals surface area contributed by atoms with Crippen molar-refractivity contribution in [2.75, 3.05) is 13.1 Å². The van der Waals surface area contributed by atoms with Crippen molar-refractivity contribution in [1.82, 2.24) is 4.90 Å². The molecule has 4 nitrogen and oxygen atoms in total. The molecule has 1 aromatic carbocycles. The van der Waals surface area contributed by atoms with Gasteiger partial charge in [0.2, 0.25) is 0 Å². The third-order valence-corrected chi connectivity index (χ3v) is 3.86. The van der Waals surface area contributed by atoms with Gasteiger partial charge in [-0.1, -0.05) is 0 Å². The van der Waals surface area contributed by atoms with Crippen LogP contribution in [0.2, 0.25) is 0 Å². The number of nitrogens with zero attached hydrogens (tertiary/aromatic N) is 1. The molecule has 140 valence electrons. The van der Waals surface area contributed by atoms with Gasteiger partial charge >= 0.3 is 12.7 Å². The van der Waals surface area contributed by atoms with Gasteiger partial charge in [-0.25, -0.2) is 13.6 Å². The number of hydrogen-bond donors (Lipinski definition) is 0. The first-order valence-corrected chi connectivity index (χ1v) is 7.99. The van der Waals surface area contributed by atoms with Gasteiger partial charge in [0, 0.05) is 18.7 Å². The van der Waals surface area contributed by atoms with Crippen LogP contribution >= 0.6 is 0 Å². The zero-order valence-electron chi connectivity index (χ0n) is 14.3. The van der Waals surface area contributed by atoms with Gasteiger partial charge in [-0.3, -0.25) is 0 Å². The van der Waals surface area contributed by atoms with Crippen molar-refractivity contribution in [3.8, 4) is 5.75 Å². The SMILES string of the molecule is CC(C)(C)OC(=O)N1CCC(c2c(F)ccc(F)c2OC(F)F)CC1. The van der Waals surface area contributed by atoms with Gasteiger partial charge in [0.15, 0.2) is 11.6 Å². The maximum absolute atomic E-state index is 14.1. The lowest BCUT2D eigenvalue weighted by Gasteiger charge is -2.34. The summed E-state index contributed by atoms with van der Waals surface area (Å²) in [4.78, 5) is 13.5. The van der Waals surface area contributed by atoms with Gasteiger partial charge in [0.05, 0.1) is 0 Å². The molecule has 0 N–H and O–H groups in total. The Morgan fingerprint density at radius 1 is 1.16 bits per heavy atom. The molecule has 0 radical (unpaired) electrons. The molecule has 2 rings (SSSR count). The second-order valence-corrected chi connectivity index (χ2v) is 6.89. The van der Waals surface area contributed by atoms with E-state index < -0.39 is 41.6 Å². The number of piperidine rings is 1. The predicted molar refractivity (Wildman–Crippen MR) is 82.8 cm³/mol. The van der Waals surface area contributed by atoms with Crippen LogP contribution in [0.15, 0.2) is 12.1 Å². The molecule has 1 heterocycles. The Kier molecular flexibility index (Phi) is 5.80. The molecule has 1 fully saturated rings.